The monoisotopic (exact) mass is 234 g/mol. The average Bonchev–Trinajstić information content (AvgIpc) is 2.59. The molecule has 0 aliphatic carbocycles. The summed E-state index contributed by atoms with van der Waals surface area (Å²) in [5.74, 6) is 0. The molecule has 1 aromatic rings. The summed E-state index contributed by atoms with van der Waals surface area (Å²) in [5.41, 5.74) is 0. The molecule has 1 heterocycles. The van der Waals surface area contributed by atoms with Crippen LogP contribution in [0.3, 0.4) is 0 Å². The third kappa shape index (κ3) is 3.58. The summed E-state index contributed by atoms with van der Waals surface area (Å²) in [6.45, 7) is 3.40. The summed E-state index contributed by atoms with van der Waals surface area (Å²) >= 11 is 7.37. The van der Waals surface area contributed by atoms with Crippen LogP contribution in [-0.4, -0.2) is 18.3 Å². The quantitative estimate of drug-likeness (QED) is 0.766. The van der Waals surface area contributed by atoms with E-state index in [-0.39, 0.29) is 0 Å². The van der Waals surface area contributed by atoms with E-state index >= 15 is 0 Å². The molecule has 0 spiro atoms. The van der Waals surface area contributed by atoms with Crippen molar-refractivity contribution in [2.24, 2.45) is 0 Å². The number of halogens is 1. The van der Waals surface area contributed by atoms with E-state index in [4.69, 9.17) is 16.3 Å². The van der Waals surface area contributed by atoms with Gasteiger partial charge in [0.2, 0.25) is 0 Å². The molecular weight excluding hydrogens is 220 g/mol. The molecule has 1 atom stereocenters. The molecule has 0 radical (unpaired) electrons. The van der Waals surface area contributed by atoms with Crippen molar-refractivity contribution in [3.05, 3.63) is 21.3 Å². The van der Waals surface area contributed by atoms with Crippen LogP contribution in [0.25, 0.3) is 0 Å². The molecule has 80 valence electrons. The summed E-state index contributed by atoms with van der Waals surface area (Å²) in [6, 6.07) is 1.80. The Morgan fingerprint density at radius 3 is 2.93 bits per heavy atom. The number of aliphatic hydroxyl groups is 1. The van der Waals surface area contributed by atoms with Gasteiger partial charge in [0.15, 0.2) is 0 Å². The second-order valence-electron chi connectivity index (χ2n) is 3.05. The number of hydrogen-bond acceptors (Lipinski definition) is 3. The lowest BCUT2D eigenvalue weighted by molar-refractivity contribution is 0.0837. The van der Waals surface area contributed by atoms with Crippen LogP contribution < -0.4 is 0 Å². The van der Waals surface area contributed by atoms with E-state index in [2.05, 4.69) is 6.92 Å². The number of thiophene rings is 1. The van der Waals surface area contributed by atoms with Crippen LogP contribution in [-0.2, 0) is 4.74 Å². The minimum atomic E-state index is -0.487. The lowest BCUT2D eigenvalue weighted by atomic mass is 10.2. The molecule has 0 aliphatic rings. The molecule has 2 nitrogen and oxygen atoms in total. The van der Waals surface area contributed by atoms with E-state index in [0.29, 0.717) is 18.1 Å². The summed E-state index contributed by atoms with van der Waals surface area (Å²) < 4.78 is 5.29. The molecule has 0 fully saturated rings. The zero-order valence-corrected chi connectivity index (χ0v) is 9.77. The van der Waals surface area contributed by atoms with Gasteiger partial charge in [-0.3, -0.25) is 0 Å². The zero-order valence-electron chi connectivity index (χ0n) is 8.20. The molecule has 0 amide bonds. The molecule has 14 heavy (non-hydrogen) atoms. The Balaban J connectivity index is 2.28. The van der Waals surface area contributed by atoms with Gasteiger partial charge in [0, 0.05) is 19.6 Å². The maximum Gasteiger partial charge on any atom is 0.0918 e. The lowest BCUT2D eigenvalue weighted by Crippen LogP contribution is -2.02. The van der Waals surface area contributed by atoms with Gasteiger partial charge in [0.25, 0.3) is 0 Å². The van der Waals surface area contributed by atoms with Gasteiger partial charge in [-0.25, -0.2) is 0 Å². The Kier molecular flexibility index (Phi) is 5.48. The Labute approximate surface area is 93.5 Å². The van der Waals surface area contributed by atoms with Crippen molar-refractivity contribution in [3.8, 4) is 0 Å². The van der Waals surface area contributed by atoms with Crippen molar-refractivity contribution in [1.29, 1.82) is 0 Å². The fraction of sp³-hybridized carbons (Fsp3) is 0.600. The molecule has 1 N–H and O–H groups in total. The van der Waals surface area contributed by atoms with E-state index < -0.39 is 6.10 Å². The summed E-state index contributed by atoms with van der Waals surface area (Å²) in [4.78, 5) is 0.840. The van der Waals surface area contributed by atoms with Crippen molar-refractivity contribution in [2.75, 3.05) is 13.2 Å². The van der Waals surface area contributed by atoms with Crippen LogP contribution >= 0.6 is 22.9 Å². The molecule has 0 saturated carbocycles. The summed E-state index contributed by atoms with van der Waals surface area (Å²) in [5, 5.41) is 12.3. The molecule has 0 bridgehead atoms. The highest BCUT2D eigenvalue weighted by Gasteiger charge is 2.12. The Bertz CT molecular complexity index is 262. The van der Waals surface area contributed by atoms with E-state index in [0.717, 1.165) is 17.9 Å². The van der Waals surface area contributed by atoms with Crippen molar-refractivity contribution >= 4 is 22.9 Å². The minimum Gasteiger partial charge on any atom is -0.387 e. The van der Waals surface area contributed by atoms with E-state index in [9.17, 15) is 5.11 Å². The van der Waals surface area contributed by atoms with Crippen LogP contribution in [0.1, 0.15) is 30.7 Å². The number of aliphatic hydroxyl groups excluding tert-OH is 1. The highest BCUT2D eigenvalue weighted by atomic mass is 35.5. The first-order valence-electron chi connectivity index (χ1n) is 4.74. The van der Waals surface area contributed by atoms with Gasteiger partial charge < -0.3 is 9.84 Å². The molecule has 0 aliphatic heterocycles. The van der Waals surface area contributed by atoms with Gasteiger partial charge in [-0.1, -0.05) is 18.5 Å². The number of ether oxygens (including phenoxy) is 1. The molecule has 0 aromatic carbocycles. The van der Waals surface area contributed by atoms with Gasteiger partial charge in [-0.15, -0.1) is 11.3 Å². The first-order chi connectivity index (χ1) is 6.75. The van der Waals surface area contributed by atoms with Crippen molar-refractivity contribution in [3.63, 3.8) is 0 Å². The maximum atomic E-state index is 9.74. The predicted molar refractivity (Wildman–Crippen MR) is 60.0 cm³/mol. The molecular formula is C10H15ClO2S. The van der Waals surface area contributed by atoms with Crippen molar-refractivity contribution in [2.45, 2.75) is 25.9 Å². The Hall–Kier alpha value is -0.0900. The normalized spacial score (nSPS) is 13.1. The first-order valence-corrected chi connectivity index (χ1v) is 6.00. The fourth-order valence-electron chi connectivity index (χ4n) is 1.12. The van der Waals surface area contributed by atoms with Gasteiger partial charge in [0.05, 0.1) is 16.0 Å². The Morgan fingerprint density at radius 1 is 1.57 bits per heavy atom. The van der Waals surface area contributed by atoms with Gasteiger partial charge in [-0.2, -0.15) is 0 Å². The van der Waals surface area contributed by atoms with Gasteiger partial charge >= 0.3 is 0 Å². The van der Waals surface area contributed by atoms with Crippen LogP contribution in [0.4, 0.5) is 0 Å². The van der Waals surface area contributed by atoms with E-state index in [1.54, 1.807) is 6.07 Å². The van der Waals surface area contributed by atoms with Crippen LogP contribution in [0.5, 0.6) is 0 Å². The van der Waals surface area contributed by atoms with E-state index in [1.807, 2.05) is 5.38 Å². The molecule has 0 saturated heterocycles. The zero-order chi connectivity index (χ0) is 10.4. The van der Waals surface area contributed by atoms with Crippen LogP contribution in [0.15, 0.2) is 11.4 Å². The third-order valence-electron chi connectivity index (χ3n) is 1.83. The van der Waals surface area contributed by atoms with Crippen LogP contribution in [0.2, 0.25) is 5.02 Å². The highest BCUT2D eigenvalue weighted by molar-refractivity contribution is 7.10. The molecule has 1 aromatic heterocycles. The molecule has 4 heteroatoms. The van der Waals surface area contributed by atoms with E-state index in [1.165, 1.54) is 11.3 Å². The molecule has 1 unspecified atom stereocenters. The van der Waals surface area contributed by atoms with Gasteiger partial charge in [0.1, 0.15) is 0 Å². The standard InChI is InChI=1S/C10H15ClO2S/c1-2-5-13-6-3-9(12)10-8(11)4-7-14-10/h4,7,9,12H,2-3,5-6H2,1H3. The fourth-order valence-corrected chi connectivity index (χ4v) is 2.32. The minimum absolute atomic E-state index is 0.487. The topological polar surface area (TPSA) is 29.5 Å². The second kappa shape index (κ2) is 6.40. The van der Waals surface area contributed by atoms with Gasteiger partial charge in [-0.05, 0) is 17.9 Å². The van der Waals surface area contributed by atoms with Crippen molar-refractivity contribution < 1.29 is 9.84 Å². The molecule has 1 rings (SSSR count). The number of hydrogen-bond donors (Lipinski definition) is 1. The highest BCUT2D eigenvalue weighted by Crippen LogP contribution is 2.30. The first kappa shape index (κ1) is 12.0. The summed E-state index contributed by atoms with van der Waals surface area (Å²) in [6.07, 6.45) is 1.13. The third-order valence-corrected chi connectivity index (χ3v) is 3.29. The average molecular weight is 235 g/mol. The van der Waals surface area contributed by atoms with Crippen molar-refractivity contribution in [1.82, 2.24) is 0 Å². The maximum absolute atomic E-state index is 9.74. The van der Waals surface area contributed by atoms with Crippen LogP contribution in [0, 0.1) is 0 Å². The predicted octanol–water partition coefficient (Wildman–Crippen LogP) is 3.25. The lowest BCUT2D eigenvalue weighted by Gasteiger charge is -2.09. The Morgan fingerprint density at radius 2 is 2.36 bits per heavy atom. The smallest absolute Gasteiger partial charge is 0.0918 e. The largest absolute Gasteiger partial charge is 0.387 e. The number of rotatable bonds is 6. The summed E-state index contributed by atoms with van der Waals surface area (Å²) in [7, 11) is 0. The second-order valence-corrected chi connectivity index (χ2v) is 4.40. The SMILES string of the molecule is CCCOCCC(O)c1sccc1Cl.